The van der Waals surface area contributed by atoms with Crippen LogP contribution in [0.25, 0.3) is 0 Å². The van der Waals surface area contributed by atoms with E-state index in [1.807, 2.05) is 24.3 Å². The second kappa shape index (κ2) is 6.18. The van der Waals surface area contributed by atoms with Crippen LogP contribution in [0.15, 0.2) is 24.3 Å². The minimum absolute atomic E-state index is 0.0448. The molecule has 3 N–H and O–H groups in total. The summed E-state index contributed by atoms with van der Waals surface area (Å²) < 4.78 is 5.09. The molecule has 1 radical (unpaired) electrons. The molecule has 1 unspecified atom stereocenters. The molecule has 1 fully saturated rings. The zero-order chi connectivity index (χ0) is 13.0. The van der Waals surface area contributed by atoms with Gasteiger partial charge in [0.05, 0.1) is 19.4 Å². The molecule has 18 heavy (non-hydrogen) atoms. The molecule has 1 aliphatic carbocycles. The Balaban J connectivity index is 1.95. The van der Waals surface area contributed by atoms with E-state index >= 15 is 0 Å². The lowest BCUT2D eigenvalue weighted by molar-refractivity contribution is 0.0846. The summed E-state index contributed by atoms with van der Waals surface area (Å²) in [5.74, 6) is 0.795. The van der Waals surface area contributed by atoms with Crippen molar-refractivity contribution in [3.8, 4) is 5.75 Å². The van der Waals surface area contributed by atoms with E-state index < -0.39 is 6.17 Å². The molecule has 1 aromatic carbocycles. The average Bonchev–Trinajstić information content (AvgIpc) is 2.41. The van der Waals surface area contributed by atoms with Gasteiger partial charge in [-0.2, -0.15) is 0 Å². The van der Waals surface area contributed by atoms with Gasteiger partial charge in [-0.25, -0.2) is 5.73 Å². The number of nitrogens with one attached hydrogen (secondary N) is 2. The molecule has 0 heterocycles. The van der Waals surface area contributed by atoms with Gasteiger partial charge in [-0.15, -0.1) is 0 Å². The highest BCUT2D eigenvalue weighted by Gasteiger charge is 2.24. The van der Waals surface area contributed by atoms with Gasteiger partial charge >= 0.3 is 0 Å². The molecule has 0 saturated heterocycles. The van der Waals surface area contributed by atoms with Crippen molar-refractivity contribution in [2.24, 2.45) is 0 Å². The fourth-order valence-corrected chi connectivity index (χ4v) is 2.41. The molecule has 0 aromatic heterocycles. The third kappa shape index (κ3) is 3.22. The van der Waals surface area contributed by atoms with Crippen molar-refractivity contribution >= 4 is 0 Å². The van der Waals surface area contributed by atoms with Crippen molar-refractivity contribution < 1.29 is 9.84 Å². The molecule has 0 aliphatic heterocycles. The average molecular weight is 249 g/mol. The van der Waals surface area contributed by atoms with Gasteiger partial charge in [-0.3, -0.25) is 5.32 Å². The Morgan fingerprint density at radius 1 is 1.28 bits per heavy atom. The van der Waals surface area contributed by atoms with E-state index in [1.165, 1.54) is 0 Å². The van der Waals surface area contributed by atoms with Crippen molar-refractivity contribution in [2.75, 3.05) is 7.11 Å². The van der Waals surface area contributed by atoms with E-state index in [0.717, 1.165) is 37.0 Å². The molecule has 4 nitrogen and oxygen atoms in total. The van der Waals surface area contributed by atoms with Crippen LogP contribution in [0.2, 0.25) is 0 Å². The van der Waals surface area contributed by atoms with E-state index in [9.17, 15) is 5.11 Å². The minimum atomic E-state index is -0.492. The van der Waals surface area contributed by atoms with Crippen LogP contribution >= 0.6 is 0 Å². The minimum Gasteiger partial charge on any atom is -0.497 e. The summed E-state index contributed by atoms with van der Waals surface area (Å²) in [7, 11) is 1.63. The van der Waals surface area contributed by atoms with Crippen molar-refractivity contribution in [1.29, 1.82) is 0 Å². The number of hydrogen-bond acceptors (Lipinski definition) is 3. The molecular weight excluding hydrogens is 228 g/mol. The van der Waals surface area contributed by atoms with Crippen LogP contribution < -0.4 is 15.8 Å². The Morgan fingerprint density at radius 2 is 1.94 bits per heavy atom. The van der Waals surface area contributed by atoms with Crippen molar-refractivity contribution in [3.05, 3.63) is 29.8 Å². The summed E-state index contributed by atoms with van der Waals surface area (Å²) in [6.07, 6.45) is 3.20. The molecule has 0 spiro atoms. The van der Waals surface area contributed by atoms with E-state index in [2.05, 4.69) is 5.32 Å². The first kappa shape index (κ1) is 13.3. The van der Waals surface area contributed by atoms with Crippen molar-refractivity contribution in [3.63, 3.8) is 0 Å². The normalized spacial score (nSPS) is 25.7. The lowest BCUT2D eigenvalue weighted by atomic mass is 9.92. The number of aliphatic hydroxyl groups excluding tert-OH is 1. The first-order valence-electron chi connectivity index (χ1n) is 6.50. The molecule has 3 atom stereocenters. The van der Waals surface area contributed by atoms with Crippen molar-refractivity contribution in [1.82, 2.24) is 11.1 Å². The van der Waals surface area contributed by atoms with E-state index in [-0.39, 0.29) is 12.1 Å². The first-order valence-corrected chi connectivity index (χ1v) is 6.50. The second-order valence-electron chi connectivity index (χ2n) is 4.83. The Hall–Kier alpha value is -1.10. The third-order valence-corrected chi connectivity index (χ3v) is 3.56. The van der Waals surface area contributed by atoms with Crippen LogP contribution in [0.5, 0.6) is 5.75 Å². The molecule has 0 bridgehead atoms. The van der Waals surface area contributed by atoms with Crippen LogP contribution in [0, 0.1) is 0 Å². The van der Waals surface area contributed by atoms with Gasteiger partial charge < -0.3 is 9.84 Å². The largest absolute Gasteiger partial charge is 0.497 e. The number of aliphatic hydroxyl groups is 1. The molecule has 2 rings (SSSR count). The maximum atomic E-state index is 9.88. The van der Waals surface area contributed by atoms with Crippen LogP contribution in [-0.2, 0) is 0 Å². The topological polar surface area (TPSA) is 65.3 Å². The monoisotopic (exact) mass is 249 g/mol. The molecule has 99 valence electrons. The molecule has 0 amide bonds. The fourth-order valence-electron chi connectivity index (χ4n) is 2.41. The van der Waals surface area contributed by atoms with Gasteiger partial charge in [0.25, 0.3) is 0 Å². The lowest BCUT2D eigenvalue weighted by Crippen LogP contribution is -2.44. The summed E-state index contributed by atoms with van der Waals surface area (Å²) in [6.45, 7) is 0. The van der Waals surface area contributed by atoms with Gasteiger partial charge in [-0.05, 0) is 30.5 Å². The lowest BCUT2D eigenvalue weighted by Gasteiger charge is -2.30. The van der Waals surface area contributed by atoms with E-state index in [0.29, 0.717) is 0 Å². The predicted molar refractivity (Wildman–Crippen MR) is 70.2 cm³/mol. The highest BCUT2D eigenvalue weighted by atomic mass is 16.5. The van der Waals surface area contributed by atoms with E-state index in [1.54, 1.807) is 7.11 Å². The number of benzene rings is 1. The summed E-state index contributed by atoms with van der Waals surface area (Å²) in [6, 6.07) is 7.53. The second-order valence-corrected chi connectivity index (χ2v) is 4.83. The zero-order valence-corrected chi connectivity index (χ0v) is 10.7. The zero-order valence-electron chi connectivity index (χ0n) is 10.7. The highest BCUT2D eigenvalue weighted by Crippen LogP contribution is 2.22. The third-order valence-electron chi connectivity index (χ3n) is 3.56. The summed E-state index contributed by atoms with van der Waals surface area (Å²) in [5.41, 5.74) is 9.00. The van der Waals surface area contributed by atoms with Gasteiger partial charge in [0.1, 0.15) is 5.75 Å². The smallest absolute Gasteiger partial charge is 0.118 e. The van der Waals surface area contributed by atoms with Gasteiger partial charge in [0.15, 0.2) is 0 Å². The van der Waals surface area contributed by atoms with Crippen LogP contribution in [0.1, 0.15) is 37.4 Å². The number of methoxy groups -OCH3 is 1. The number of hydrogen-bond donors (Lipinski definition) is 2. The van der Waals surface area contributed by atoms with Crippen LogP contribution in [0.3, 0.4) is 0 Å². The van der Waals surface area contributed by atoms with Gasteiger partial charge in [0, 0.05) is 6.04 Å². The molecule has 1 aliphatic rings. The first-order chi connectivity index (χ1) is 8.70. The van der Waals surface area contributed by atoms with Crippen LogP contribution in [-0.4, -0.2) is 24.4 Å². The summed E-state index contributed by atoms with van der Waals surface area (Å²) in [4.78, 5) is 0. The Morgan fingerprint density at radius 3 is 2.56 bits per heavy atom. The van der Waals surface area contributed by atoms with Crippen LogP contribution in [0.4, 0.5) is 0 Å². The number of rotatable bonds is 4. The summed E-state index contributed by atoms with van der Waals surface area (Å²) in [5, 5.41) is 13.1. The fraction of sp³-hybridized carbons (Fsp3) is 0.571. The molecule has 4 heteroatoms. The number of ether oxygens (including phenoxy) is 1. The maximum absolute atomic E-state index is 9.88. The Labute approximate surface area is 108 Å². The Kier molecular flexibility index (Phi) is 4.58. The SMILES string of the molecule is COc1ccc(C([NH])N[C@H]2CCCC[C@@H]2O)cc1. The van der Waals surface area contributed by atoms with Gasteiger partial charge in [-0.1, -0.05) is 25.0 Å². The molecular formula is C14H21N2O2. The Bertz CT molecular complexity index is 367. The quantitative estimate of drug-likeness (QED) is 0.856. The van der Waals surface area contributed by atoms with Crippen molar-refractivity contribution in [2.45, 2.75) is 44.0 Å². The molecule has 1 aromatic rings. The standard InChI is InChI=1S/C14H21N2O2/c1-18-11-8-6-10(7-9-11)14(15)16-12-4-2-3-5-13(12)17/h6-9,12-17H,2-5H2,1H3/t12-,13-,14?/m0/s1. The summed E-state index contributed by atoms with van der Waals surface area (Å²) >= 11 is 0. The molecule has 1 saturated carbocycles. The van der Waals surface area contributed by atoms with Gasteiger partial charge in [0.2, 0.25) is 0 Å². The highest BCUT2D eigenvalue weighted by molar-refractivity contribution is 5.28. The predicted octanol–water partition coefficient (Wildman–Crippen LogP) is 1.87. The van der Waals surface area contributed by atoms with E-state index in [4.69, 9.17) is 10.5 Å². The maximum Gasteiger partial charge on any atom is 0.118 e.